The van der Waals surface area contributed by atoms with Crippen LogP contribution in [0.15, 0.2) is 218 Å². The molecule has 3 aliphatic carbocycles. The molecule has 2 bridgehead atoms. The molecule has 60 heavy (non-hydrogen) atoms. The van der Waals surface area contributed by atoms with Gasteiger partial charge in [0.1, 0.15) is 0 Å². The van der Waals surface area contributed by atoms with E-state index in [0.29, 0.717) is 0 Å². The van der Waals surface area contributed by atoms with Crippen molar-refractivity contribution in [2.45, 2.75) is 11.8 Å². The Morgan fingerprint density at radius 3 is 0.867 bits per heavy atom. The first kappa shape index (κ1) is 37.8. The largest absolute Gasteiger partial charge is 0.325 e. The number of nitrogens with one attached hydrogen (secondary N) is 2. The molecule has 2 N–H and O–H groups in total. The molecule has 0 aliphatic heterocycles. The number of benzene rings is 8. The van der Waals surface area contributed by atoms with Gasteiger partial charge in [-0.05, 0) is 71.4 Å². The van der Waals surface area contributed by atoms with E-state index in [1.165, 1.54) is 21.2 Å². The highest BCUT2D eigenvalue weighted by Gasteiger charge is 2.55. The molecule has 2 atom stereocenters. The minimum Gasteiger partial charge on any atom is -0.325 e. The summed E-state index contributed by atoms with van der Waals surface area (Å²) in [6.07, 6.45) is 0. The summed E-state index contributed by atoms with van der Waals surface area (Å²) in [6, 6.07) is 75.3. The molecule has 3 aliphatic rings. The average molecular weight is 813 g/mol. The molecule has 0 aromatic heterocycles. The topological polar surface area (TPSA) is 58.2 Å². The standard InChI is InChI=1S/C54H42N2O2P2/c57-53(55-45-33-17-19-35-47(45)59(37-21-5-1-6-22-37)38-23-7-2-8-24-38)51-49-41-29-13-15-31-43(41)50(44-32-16-14-30-42(44)49)52(51)54(58)56-46-34-18-20-36-48(46)60(39-25-9-3-10-26-39)40-27-11-4-12-28-40/h1-36,49-52H,(H,55,57)(H,56,58)/t49?,50?,51-,52-/m1/s1. The quantitative estimate of drug-likeness (QED) is 0.135. The summed E-state index contributed by atoms with van der Waals surface area (Å²) in [6.45, 7) is 0. The summed E-state index contributed by atoms with van der Waals surface area (Å²) in [5, 5.41) is 13.8. The van der Waals surface area contributed by atoms with E-state index in [0.717, 1.165) is 44.2 Å². The SMILES string of the molecule is O=C(Nc1ccccc1P(c1ccccc1)c1ccccc1)[C@@H]1C2c3ccccc3C(c3ccccc32)[C@H]1C(=O)Nc1ccccc1P(c1ccccc1)c1ccccc1. The van der Waals surface area contributed by atoms with E-state index in [2.05, 4.69) is 180 Å². The predicted molar refractivity (Wildman–Crippen MR) is 251 cm³/mol. The van der Waals surface area contributed by atoms with Gasteiger partial charge in [-0.25, -0.2) is 0 Å². The second kappa shape index (κ2) is 16.7. The van der Waals surface area contributed by atoms with Crippen LogP contribution in [0.25, 0.3) is 0 Å². The van der Waals surface area contributed by atoms with Gasteiger partial charge in [-0.15, -0.1) is 0 Å². The fourth-order valence-electron chi connectivity index (χ4n) is 9.45. The van der Waals surface area contributed by atoms with Crippen LogP contribution < -0.4 is 42.5 Å². The van der Waals surface area contributed by atoms with Gasteiger partial charge < -0.3 is 10.6 Å². The Bertz CT molecular complexity index is 2480. The van der Waals surface area contributed by atoms with E-state index in [1.807, 2.05) is 48.5 Å². The molecular weight excluding hydrogens is 771 g/mol. The van der Waals surface area contributed by atoms with Crippen molar-refractivity contribution in [2.75, 3.05) is 10.6 Å². The number of hydrogen-bond acceptors (Lipinski definition) is 2. The Morgan fingerprint density at radius 2 is 0.567 bits per heavy atom. The molecule has 6 heteroatoms. The molecule has 0 unspecified atom stereocenters. The molecule has 0 fully saturated rings. The Kier molecular flexibility index (Phi) is 10.5. The molecular formula is C54H42N2O2P2. The highest BCUT2D eigenvalue weighted by molar-refractivity contribution is 7.80. The van der Waals surface area contributed by atoms with Gasteiger partial charge in [0.05, 0.1) is 11.8 Å². The normalized spacial score (nSPS) is 17.4. The highest BCUT2D eigenvalue weighted by Crippen LogP contribution is 2.59. The maximum atomic E-state index is 15.5. The Morgan fingerprint density at radius 1 is 0.317 bits per heavy atom. The van der Waals surface area contributed by atoms with Crippen LogP contribution in [0.4, 0.5) is 11.4 Å². The van der Waals surface area contributed by atoms with Crippen molar-refractivity contribution in [3.63, 3.8) is 0 Å². The second-order valence-corrected chi connectivity index (χ2v) is 19.7. The zero-order valence-electron chi connectivity index (χ0n) is 32.8. The van der Waals surface area contributed by atoms with Crippen LogP contribution in [0.3, 0.4) is 0 Å². The molecule has 0 radical (unpaired) electrons. The van der Waals surface area contributed by atoms with Crippen molar-refractivity contribution < 1.29 is 9.59 Å². The second-order valence-electron chi connectivity index (χ2n) is 15.3. The number of anilines is 2. The Hall–Kier alpha value is -6.44. The summed E-state index contributed by atoms with van der Waals surface area (Å²) < 4.78 is 0. The molecule has 0 heterocycles. The molecule has 4 nitrogen and oxygen atoms in total. The molecule has 8 aromatic rings. The van der Waals surface area contributed by atoms with Crippen molar-refractivity contribution in [2.24, 2.45) is 11.8 Å². The molecule has 0 spiro atoms. The predicted octanol–water partition coefficient (Wildman–Crippen LogP) is 9.30. The van der Waals surface area contributed by atoms with Gasteiger partial charge in [0.15, 0.2) is 0 Å². The van der Waals surface area contributed by atoms with Crippen LogP contribution in [0.1, 0.15) is 34.1 Å². The molecule has 0 saturated carbocycles. The maximum absolute atomic E-state index is 15.5. The fraction of sp³-hybridized carbons (Fsp3) is 0.0741. The minimum atomic E-state index is -1.00. The lowest BCUT2D eigenvalue weighted by Gasteiger charge is -2.49. The summed E-state index contributed by atoms with van der Waals surface area (Å²) in [5.41, 5.74) is 6.01. The summed E-state index contributed by atoms with van der Waals surface area (Å²) >= 11 is 0. The number of hydrogen-bond donors (Lipinski definition) is 2. The first-order chi connectivity index (χ1) is 29.7. The van der Waals surface area contributed by atoms with Crippen LogP contribution in [0.5, 0.6) is 0 Å². The fourth-order valence-corrected chi connectivity index (χ4v) is 14.3. The monoisotopic (exact) mass is 812 g/mol. The van der Waals surface area contributed by atoms with Gasteiger partial charge >= 0.3 is 0 Å². The molecule has 0 saturated heterocycles. The smallest absolute Gasteiger partial charge is 0.229 e. The van der Waals surface area contributed by atoms with Crippen molar-refractivity contribution >= 4 is 70.9 Å². The van der Waals surface area contributed by atoms with E-state index < -0.39 is 27.7 Å². The maximum Gasteiger partial charge on any atom is 0.229 e. The number of fused-ring (bicyclic) bond motifs is 1. The third-order valence-corrected chi connectivity index (χ3v) is 16.9. The first-order valence-corrected chi connectivity index (χ1v) is 23.1. The van der Waals surface area contributed by atoms with Crippen molar-refractivity contribution in [1.82, 2.24) is 0 Å². The van der Waals surface area contributed by atoms with E-state index in [9.17, 15) is 0 Å². The van der Waals surface area contributed by atoms with Gasteiger partial charge in [-0.2, -0.15) is 0 Å². The lowest BCUT2D eigenvalue weighted by molar-refractivity contribution is -0.131. The van der Waals surface area contributed by atoms with Crippen LogP contribution in [-0.4, -0.2) is 11.8 Å². The van der Waals surface area contributed by atoms with Crippen molar-refractivity contribution in [1.29, 1.82) is 0 Å². The van der Waals surface area contributed by atoms with E-state index in [4.69, 9.17) is 0 Å². The zero-order chi connectivity index (χ0) is 40.4. The number of para-hydroxylation sites is 2. The first-order valence-electron chi connectivity index (χ1n) is 20.4. The van der Waals surface area contributed by atoms with Gasteiger partial charge in [0, 0.05) is 33.8 Å². The van der Waals surface area contributed by atoms with Gasteiger partial charge in [-0.3, -0.25) is 9.59 Å². The third kappa shape index (κ3) is 6.97. The number of rotatable bonds is 10. The van der Waals surface area contributed by atoms with Crippen LogP contribution in [0.2, 0.25) is 0 Å². The third-order valence-electron chi connectivity index (χ3n) is 11.9. The van der Waals surface area contributed by atoms with E-state index in [-0.39, 0.29) is 23.7 Å². The van der Waals surface area contributed by atoms with E-state index >= 15 is 9.59 Å². The van der Waals surface area contributed by atoms with Crippen molar-refractivity contribution in [3.8, 4) is 0 Å². The molecule has 2 amide bonds. The van der Waals surface area contributed by atoms with E-state index in [1.54, 1.807) is 0 Å². The average Bonchev–Trinajstić information content (AvgIpc) is 3.31. The lowest BCUT2D eigenvalue weighted by atomic mass is 9.53. The summed E-state index contributed by atoms with van der Waals surface area (Å²) in [5.74, 6) is -2.27. The van der Waals surface area contributed by atoms with Gasteiger partial charge in [-0.1, -0.05) is 206 Å². The lowest BCUT2D eigenvalue weighted by Crippen LogP contribution is -2.50. The van der Waals surface area contributed by atoms with Crippen LogP contribution in [-0.2, 0) is 9.59 Å². The minimum absolute atomic E-state index is 0.151. The Labute approximate surface area is 353 Å². The van der Waals surface area contributed by atoms with Crippen LogP contribution in [0, 0.1) is 11.8 Å². The number of amides is 2. The zero-order valence-corrected chi connectivity index (χ0v) is 34.6. The number of carbonyl (C=O) groups excluding carboxylic acids is 2. The summed E-state index contributed by atoms with van der Waals surface area (Å²) in [7, 11) is -2.01. The van der Waals surface area contributed by atoms with Crippen molar-refractivity contribution in [3.05, 3.63) is 241 Å². The number of carbonyl (C=O) groups is 2. The van der Waals surface area contributed by atoms with Gasteiger partial charge in [0.25, 0.3) is 0 Å². The molecule has 290 valence electrons. The Balaban J connectivity index is 1.07. The highest BCUT2D eigenvalue weighted by atomic mass is 31.1. The van der Waals surface area contributed by atoms with Gasteiger partial charge in [0.2, 0.25) is 11.8 Å². The summed E-state index contributed by atoms with van der Waals surface area (Å²) in [4.78, 5) is 30.9. The molecule has 8 aromatic carbocycles. The van der Waals surface area contributed by atoms with Crippen LogP contribution >= 0.6 is 15.8 Å². The molecule has 11 rings (SSSR count).